The van der Waals surface area contributed by atoms with Gasteiger partial charge in [0.05, 0.1) is 18.9 Å². The zero-order valence-electron chi connectivity index (χ0n) is 17.0. The number of carbonyl (C=O) groups is 1. The number of nitrogens with one attached hydrogen (secondary N) is 1. The number of hydrogen-bond acceptors (Lipinski definition) is 5. The topological polar surface area (TPSA) is 82.0 Å². The molecule has 2 aromatic rings. The third kappa shape index (κ3) is 5.55. The van der Waals surface area contributed by atoms with E-state index >= 15 is 0 Å². The second-order valence-corrected chi connectivity index (χ2v) is 9.42. The van der Waals surface area contributed by atoms with E-state index in [2.05, 4.69) is 42.1 Å². The van der Waals surface area contributed by atoms with Crippen molar-refractivity contribution in [3.05, 3.63) is 50.4 Å². The van der Waals surface area contributed by atoms with Gasteiger partial charge in [0.2, 0.25) is 0 Å². The predicted octanol–water partition coefficient (Wildman–Crippen LogP) is 4.91. The number of aliphatic hydroxyl groups excluding tert-OH is 1. The fraction of sp³-hybridized carbons (Fsp3) is 0.409. The van der Waals surface area contributed by atoms with Gasteiger partial charge in [0, 0.05) is 27.1 Å². The van der Waals surface area contributed by atoms with Crippen LogP contribution in [0, 0.1) is 0 Å². The second kappa shape index (κ2) is 10.1. The number of amides is 1. The number of carbonyl (C=O) groups excluding carboxylic acids is 1. The molecule has 0 radical (unpaired) electrons. The molecule has 1 aliphatic rings. The van der Waals surface area contributed by atoms with Gasteiger partial charge in [0.1, 0.15) is 0 Å². The Bertz CT molecular complexity index is 922. The van der Waals surface area contributed by atoms with Gasteiger partial charge >= 0.3 is 0 Å². The third-order valence-electron chi connectivity index (χ3n) is 5.48. The summed E-state index contributed by atoms with van der Waals surface area (Å²) in [6.45, 7) is 0.629. The van der Waals surface area contributed by atoms with Crippen LogP contribution in [0.2, 0.25) is 0 Å². The Morgan fingerprint density at radius 2 is 2.03 bits per heavy atom. The standard InChI is InChI=1S/C22H26Br2N2O4/c1-26(16-4-3-5-17(27)11-16)12-14-8-15(23)10-18(24)21(14)25-22(29)13-6-7-19(28)20(9-13)30-2/h6-10,16-17,27-28H,3-5,11-12H2,1-2H3,(H,25,29). The molecule has 30 heavy (non-hydrogen) atoms. The molecular weight excluding hydrogens is 516 g/mol. The average molecular weight is 542 g/mol. The maximum atomic E-state index is 12.9. The molecule has 1 fully saturated rings. The molecule has 1 amide bonds. The molecule has 2 unspecified atom stereocenters. The van der Waals surface area contributed by atoms with Gasteiger partial charge in [-0.2, -0.15) is 0 Å². The summed E-state index contributed by atoms with van der Waals surface area (Å²) in [5.74, 6) is -0.0718. The van der Waals surface area contributed by atoms with Crippen LogP contribution >= 0.6 is 31.9 Å². The smallest absolute Gasteiger partial charge is 0.255 e. The SMILES string of the molecule is COc1cc(C(=O)Nc2c(Br)cc(Br)cc2CN(C)C2CCCC(O)C2)ccc1O. The molecule has 0 bridgehead atoms. The second-order valence-electron chi connectivity index (χ2n) is 7.65. The number of benzene rings is 2. The maximum absolute atomic E-state index is 12.9. The summed E-state index contributed by atoms with van der Waals surface area (Å²) in [6.07, 6.45) is 3.46. The Labute approximate surface area is 193 Å². The predicted molar refractivity (Wildman–Crippen MR) is 124 cm³/mol. The molecule has 0 spiro atoms. The summed E-state index contributed by atoms with van der Waals surface area (Å²) in [5.41, 5.74) is 2.03. The molecule has 1 aliphatic carbocycles. The molecule has 1 saturated carbocycles. The van der Waals surface area contributed by atoms with Crippen LogP contribution in [-0.2, 0) is 6.54 Å². The first-order chi connectivity index (χ1) is 14.3. The number of phenolic OH excluding ortho intramolecular Hbond substituents is 1. The van der Waals surface area contributed by atoms with Gasteiger partial charge in [-0.25, -0.2) is 0 Å². The van der Waals surface area contributed by atoms with Crippen molar-refractivity contribution in [3.8, 4) is 11.5 Å². The van der Waals surface area contributed by atoms with Crippen LogP contribution in [0.4, 0.5) is 5.69 Å². The van der Waals surface area contributed by atoms with Gasteiger partial charge in [0.15, 0.2) is 11.5 Å². The molecule has 0 heterocycles. The van der Waals surface area contributed by atoms with Crippen molar-refractivity contribution < 1.29 is 19.7 Å². The average Bonchev–Trinajstić information content (AvgIpc) is 2.70. The number of rotatable bonds is 6. The van der Waals surface area contributed by atoms with E-state index in [1.165, 1.54) is 19.2 Å². The Morgan fingerprint density at radius 1 is 1.27 bits per heavy atom. The van der Waals surface area contributed by atoms with E-state index in [9.17, 15) is 15.0 Å². The minimum absolute atomic E-state index is 0.0177. The molecule has 162 valence electrons. The van der Waals surface area contributed by atoms with Crippen molar-refractivity contribution in [2.24, 2.45) is 0 Å². The van der Waals surface area contributed by atoms with E-state index in [1.54, 1.807) is 6.07 Å². The number of aromatic hydroxyl groups is 1. The molecule has 2 aromatic carbocycles. The van der Waals surface area contributed by atoms with Gasteiger partial charge in [-0.3, -0.25) is 9.69 Å². The highest BCUT2D eigenvalue weighted by Crippen LogP contribution is 2.34. The van der Waals surface area contributed by atoms with E-state index in [0.717, 1.165) is 40.2 Å². The molecule has 0 aromatic heterocycles. The summed E-state index contributed by atoms with van der Waals surface area (Å²) in [6, 6.07) is 8.68. The Balaban J connectivity index is 1.83. The first kappa shape index (κ1) is 23.1. The van der Waals surface area contributed by atoms with E-state index in [4.69, 9.17) is 4.74 Å². The molecular formula is C22H26Br2N2O4. The molecule has 2 atom stereocenters. The summed E-state index contributed by atoms with van der Waals surface area (Å²) in [4.78, 5) is 15.1. The number of ether oxygens (including phenoxy) is 1. The van der Waals surface area contributed by atoms with Crippen molar-refractivity contribution in [2.75, 3.05) is 19.5 Å². The van der Waals surface area contributed by atoms with Gasteiger partial charge in [0.25, 0.3) is 5.91 Å². The lowest BCUT2D eigenvalue weighted by Gasteiger charge is -2.34. The van der Waals surface area contributed by atoms with E-state index in [1.807, 2.05) is 19.2 Å². The van der Waals surface area contributed by atoms with Crippen LogP contribution in [0.25, 0.3) is 0 Å². The molecule has 3 N–H and O–H groups in total. The number of nitrogens with zero attached hydrogens (tertiary/aromatic N) is 1. The Morgan fingerprint density at radius 3 is 2.73 bits per heavy atom. The number of anilines is 1. The highest BCUT2D eigenvalue weighted by atomic mass is 79.9. The molecule has 3 rings (SSSR count). The van der Waals surface area contributed by atoms with E-state index in [0.29, 0.717) is 23.8 Å². The van der Waals surface area contributed by atoms with Crippen LogP contribution in [0.3, 0.4) is 0 Å². The summed E-state index contributed by atoms with van der Waals surface area (Å²) < 4.78 is 6.78. The first-order valence-corrected chi connectivity index (χ1v) is 11.4. The minimum atomic E-state index is -0.298. The quantitative estimate of drug-likeness (QED) is 0.484. The van der Waals surface area contributed by atoms with Crippen LogP contribution in [0.15, 0.2) is 39.3 Å². The fourth-order valence-electron chi connectivity index (χ4n) is 3.83. The monoisotopic (exact) mass is 540 g/mol. The van der Waals surface area contributed by atoms with Crippen LogP contribution in [-0.4, -0.2) is 47.3 Å². The van der Waals surface area contributed by atoms with E-state index in [-0.39, 0.29) is 23.5 Å². The molecule has 0 aliphatic heterocycles. The lowest BCUT2D eigenvalue weighted by atomic mass is 9.92. The highest BCUT2D eigenvalue weighted by molar-refractivity contribution is 9.11. The molecule has 0 saturated heterocycles. The zero-order chi connectivity index (χ0) is 21.8. The van der Waals surface area contributed by atoms with Crippen LogP contribution in [0.5, 0.6) is 11.5 Å². The Kier molecular flexibility index (Phi) is 7.79. The van der Waals surface area contributed by atoms with Crippen LogP contribution in [0.1, 0.15) is 41.6 Å². The third-order valence-corrected chi connectivity index (χ3v) is 6.56. The van der Waals surface area contributed by atoms with Gasteiger partial charge < -0.3 is 20.3 Å². The van der Waals surface area contributed by atoms with Crippen molar-refractivity contribution in [1.29, 1.82) is 0 Å². The lowest BCUT2D eigenvalue weighted by Crippen LogP contribution is -2.37. The van der Waals surface area contributed by atoms with Gasteiger partial charge in [-0.15, -0.1) is 0 Å². The number of methoxy groups -OCH3 is 1. The first-order valence-electron chi connectivity index (χ1n) is 9.83. The normalized spacial score (nSPS) is 19.0. The zero-order valence-corrected chi connectivity index (χ0v) is 20.2. The van der Waals surface area contributed by atoms with Crippen molar-refractivity contribution in [1.82, 2.24) is 4.90 Å². The lowest BCUT2D eigenvalue weighted by molar-refractivity contribution is 0.0701. The number of halogens is 2. The van der Waals surface area contributed by atoms with E-state index < -0.39 is 0 Å². The summed E-state index contributed by atoms with van der Waals surface area (Å²) in [7, 11) is 3.49. The maximum Gasteiger partial charge on any atom is 0.255 e. The summed E-state index contributed by atoms with van der Waals surface area (Å²) >= 11 is 7.10. The summed E-state index contributed by atoms with van der Waals surface area (Å²) in [5, 5.41) is 22.8. The Hall–Kier alpha value is -1.61. The highest BCUT2D eigenvalue weighted by Gasteiger charge is 2.25. The van der Waals surface area contributed by atoms with Crippen molar-refractivity contribution in [2.45, 2.75) is 44.4 Å². The van der Waals surface area contributed by atoms with Crippen molar-refractivity contribution >= 4 is 43.5 Å². The van der Waals surface area contributed by atoms with Gasteiger partial charge in [-0.05, 0) is 84.6 Å². The number of aliphatic hydroxyl groups is 1. The van der Waals surface area contributed by atoms with Gasteiger partial charge in [-0.1, -0.05) is 15.9 Å². The molecule has 8 heteroatoms. The van der Waals surface area contributed by atoms with Crippen LogP contribution < -0.4 is 10.1 Å². The number of phenols is 1. The molecule has 6 nitrogen and oxygen atoms in total. The number of hydrogen-bond donors (Lipinski definition) is 3. The largest absolute Gasteiger partial charge is 0.504 e. The minimum Gasteiger partial charge on any atom is -0.504 e. The van der Waals surface area contributed by atoms with Crippen molar-refractivity contribution in [3.63, 3.8) is 0 Å². The fourth-order valence-corrected chi connectivity index (χ4v) is 5.25.